The summed E-state index contributed by atoms with van der Waals surface area (Å²) in [6, 6.07) is 6.70. The SMILES string of the molecule is Cc1c(C(C)(C)C)ccc2ccsc12. The topological polar surface area (TPSA) is 0 Å². The van der Waals surface area contributed by atoms with Crippen molar-refractivity contribution in [2.24, 2.45) is 0 Å². The molecule has 2 aromatic rings. The summed E-state index contributed by atoms with van der Waals surface area (Å²) in [6.07, 6.45) is 0. The van der Waals surface area contributed by atoms with Crippen molar-refractivity contribution in [3.8, 4) is 0 Å². The average Bonchev–Trinajstić information content (AvgIpc) is 2.50. The molecule has 0 spiro atoms. The van der Waals surface area contributed by atoms with Crippen molar-refractivity contribution in [3.63, 3.8) is 0 Å². The van der Waals surface area contributed by atoms with Crippen molar-refractivity contribution in [3.05, 3.63) is 34.7 Å². The van der Waals surface area contributed by atoms with Gasteiger partial charge < -0.3 is 0 Å². The van der Waals surface area contributed by atoms with Crippen LogP contribution in [0.4, 0.5) is 0 Å². The molecule has 0 fully saturated rings. The number of aryl methyl sites for hydroxylation is 1. The summed E-state index contributed by atoms with van der Waals surface area (Å²) < 4.78 is 1.44. The summed E-state index contributed by atoms with van der Waals surface area (Å²) in [6.45, 7) is 9.05. The molecule has 0 nitrogen and oxygen atoms in total. The fraction of sp³-hybridized carbons (Fsp3) is 0.385. The first-order chi connectivity index (χ1) is 6.50. The molecule has 0 bridgehead atoms. The van der Waals surface area contributed by atoms with Crippen molar-refractivity contribution in [2.45, 2.75) is 33.1 Å². The minimum absolute atomic E-state index is 0.252. The van der Waals surface area contributed by atoms with Crippen molar-refractivity contribution in [1.82, 2.24) is 0 Å². The Morgan fingerprint density at radius 2 is 1.79 bits per heavy atom. The Balaban J connectivity index is 2.74. The molecule has 0 N–H and O–H groups in total. The molecular weight excluding hydrogens is 188 g/mol. The molecule has 2 rings (SSSR count). The molecule has 0 radical (unpaired) electrons. The summed E-state index contributed by atoms with van der Waals surface area (Å²) in [4.78, 5) is 0. The van der Waals surface area contributed by atoms with E-state index in [1.54, 1.807) is 0 Å². The van der Waals surface area contributed by atoms with Crippen molar-refractivity contribution in [1.29, 1.82) is 0 Å². The summed E-state index contributed by atoms with van der Waals surface area (Å²) in [5.41, 5.74) is 3.17. The van der Waals surface area contributed by atoms with Crippen molar-refractivity contribution < 1.29 is 0 Å². The minimum Gasteiger partial charge on any atom is -0.144 e. The Labute approximate surface area is 89.6 Å². The van der Waals surface area contributed by atoms with Crippen LogP contribution in [0.5, 0.6) is 0 Å². The zero-order chi connectivity index (χ0) is 10.3. The number of rotatable bonds is 0. The van der Waals surface area contributed by atoms with Crippen LogP contribution in [0, 0.1) is 6.92 Å². The van der Waals surface area contributed by atoms with Gasteiger partial charge in [-0.15, -0.1) is 11.3 Å². The van der Waals surface area contributed by atoms with Crippen LogP contribution in [0.25, 0.3) is 10.1 Å². The van der Waals surface area contributed by atoms with Gasteiger partial charge in [0.15, 0.2) is 0 Å². The highest BCUT2D eigenvalue weighted by Gasteiger charge is 2.17. The van der Waals surface area contributed by atoms with E-state index in [0.717, 1.165) is 0 Å². The van der Waals surface area contributed by atoms with Gasteiger partial charge in [-0.1, -0.05) is 32.9 Å². The molecule has 1 heterocycles. The Hall–Kier alpha value is -0.820. The van der Waals surface area contributed by atoms with E-state index in [1.165, 1.54) is 21.2 Å². The lowest BCUT2D eigenvalue weighted by Crippen LogP contribution is -2.12. The fourth-order valence-corrected chi connectivity index (χ4v) is 2.90. The molecule has 0 saturated carbocycles. The van der Waals surface area contributed by atoms with Gasteiger partial charge in [0, 0.05) is 4.70 Å². The second kappa shape index (κ2) is 3.09. The van der Waals surface area contributed by atoms with Crippen LogP contribution in [0.3, 0.4) is 0 Å². The maximum atomic E-state index is 2.27. The van der Waals surface area contributed by atoms with Gasteiger partial charge in [0.25, 0.3) is 0 Å². The molecule has 74 valence electrons. The smallest absolute Gasteiger partial charge is 0.0374 e. The summed E-state index contributed by atoms with van der Waals surface area (Å²) >= 11 is 1.84. The third-order valence-corrected chi connectivity index (χ3v) is 3.73. The molecule has 1 aromatic carbocycles. The Morgan fingerprint density at radius 1 is 1.07 bits per heavy atom. The largest absolute Gasteiger partial charge is 0.144 e. The van der Waals surface area contributed by atoms with Crippen molar-refractivity contribution >= 4 is 21.4 Å². The zero-order valence-electron chi connectivity index (χ0n) is 9.22. The molecule has 0 amide bonds. The van der Waals surface area contributed by atoms with Crippen LogP contribution < -0.4 is 0 Å². The monoisotopic (exact) mass is 204 g/mol. The highest BCUT2D eigenvalue weighted by molar-refractivity contribution is 7.17. The van der Waals surface area contributed by atoms with E-state index in [9.17, 15) is 0 Å². The third kappa shape index (κ3) is 1.46. The summed E-state index contributed by atoms with van der Waals surface area (Å²) in [5.74, 6) is 0. The lowest BCUT2D eigenvalue weighted by atomic mass is 9.84. The highest BCUT2D eigenvalue weighted by atomic mass is 32.1. The van der Waals surface area contributed by atoms with Crippen LogP contribution in [0.1, 0.15) is 31.9 Å². The highest BCUT2D eigenvalue weighted by Crippen LogP contribution is 2.33. The van der Waals surface area contributed by atoms with Gasteiger partial charge >= 0.3 is 0 Å². The maximum Gasteiger partial charge on any atom is 0.0374 e. The van der Waals surface area contributed by atoms with Crippen LogP contribution in [0.2, 0.25) is 0 Å². The predicted octanol–water partition coefficient (Wildman–Crippen LogP) is 4.51. The quantitative estimate of drug-likeness (QED) is 0.592. The van der Waals surface area contributed by atoms with Crippen LogP contribution in [-0.2, 0) is 5.41 Å². The molecule has 1 heteroatoms. The Morgan fingerprint density at radius 3 is 2.43 bits per heavy atom. The van der Waals surface area contributed by atoms with Crippen LogP contribution >= 0.6 is 11.3 Å². The van der Waals surface area contributed by atoms with E-state index in [4.69, 9.17) is 0 Å². The number of fused-ring (bicyclic) bond motifs is 1. The number of thiophene rings is 1. The molecular formula is C13H16S. The van der Waals surface area contributed by atoms with E-state index < -0.39 is 0 Å². The third-order valence-electron chi connectivity index (χ3n) is 2.68. The minimum atomic E-state index is 0.252. The van der Waals surface area contributed by atoms with E-state index >= 15 is 0 Å². The van der Waals surface area contributed by atoms with Gasteiger partial charge in [-0.05, 0) is 40.3 Å². The lowest BCUT2D eigenvalue weighted by Gasteiger charge is -2.21. The lowest BCUT2D eigenvalue weighted by molar-refractivity contribution is 0.587. The first-order valence-electron chi connectivity index (χ1n) is 4.97. The van der Waals surface area contributed by atoms with E-state index in [0.29, 0.717) is 0 Å². The van der Waals surface area contributed by atoms with E-state index in [-0.39, 0.29) is 5.41 Å². The van der Waals surface area contributed by atoms with E-state index in [2.05, 4.69) is 51.3 Å². The van der Waals surface area contributed by atoms with E-state index in [1.807, 2.05) is 11.3 Å². The molecule has 0 saturated heterocycles. The molecule has 0 unspecified atom stereocenters. The summed E-state index contributed by atoms with van der Waals surface area (Å²) in [5, 5.41) is 3.55. The molecule has 0 aliphatic heterocycles. The maximum absolute atomic E-state index is 2.27. The summed E-state index contributed by atoms with van der Waals surface area (Å²) in [7, 11) is 0. The zero-order valence-corrected chi connectivity index (χ0v) is 10.0. The predicted molar refractivity (Wildman–Crippen MR) is 65.3 cm³/mol. The Bertz CT molecular complexity index is 458. The van der Waals surface area contributed by atoms with Gasteiger partial charge in [-0.2, -0.15) is 0 Å². The van der Waals surface area contributed by atoms with Gasteiger partial charge in [-0.25, -0.2) is 0 Å². The number of hydrogen-bond donors (Lipinski definition) is 0. The van der Waals surface area contributed by atoms with Crippen LogP contribution in [0.15, 0.2) is 23.6 Å². The molecule has 14 heavy (non-hydrogen) atoms. The first-order valence-corrected chi connectivity index (χ1v) is 5.85. The fourth-order valence-electron chi connectivity index (χ4n) is 1.99. The molecule has 0 aliphatic carbocycles. The number of hydrogen-bond acceptors (Lipinski definition) is 1. The Kier molecular flexibility index (Phi) is 2.15. The standard InChI is InChI=1S/C13H16S/c1-9-11(13(2,3)4)6-5-10-7-8-14-12(9)10/h5-8H,1-4H3. The molecule has 1 aromatic heterocycles. The van der Waals surface area contributed by atoms with Crippen molar-refractivity contribution in [2.75, 3.05) is 0 Å². The first kappa shape index (κ1) is 9.72. The van der Waals surface area contributed by atoms with Gasteiger partial charge in [0.05, 0.1) is 0 Å². The van der Waals surface area contributed by atoms with Gasteiger partial charge in [0.2, 0.25) is 0 Å². The van der Waals surface area contributed by atoms with Crippen LogP contribution in [-0.4, -0.2) is 0 Å². The second-order valence-corrected chi connectivity index (χ2v) is 5.74. The number of benzene rings is 1. The van der Waals surface area contributed by atoms with Gasteiger partial charge in [-0.3, -0.25) is 0 Å². The normalized spacial score (nSPS) is 12.3. The second-order valence-electron chi connectivity index (χ2n) is 4.83. The average molecular weight is 204 g/mol. The molecule has 0 aliphatic rings. The van der Waals surface area contributed by atoms with Gasteiger partial charge in [0.1, 0.15) is 0 Å². The molecule has 0 atom stereocenters.